The van der Waals surface area contributed by atoms with Crippen molar-refractivity contribution in [3.63, 3.8) is 0 Å². The molecular formula is C27H25N3O4. The van der Waals surface area contributed by atoms with Crippen molar-refractivity contribution in [2.45, 2.75) is 33.5 Å². The van der Waals surface area contributed by atoms with Gasteiger partial charge in [0.1, 0.15) is 5.75 Å². The van der Waals surface area contributed by atoms with Gasteiger partial charge in [-0.1, -0.05) is 18.2 Å². The fourth-order valence-corrected chi connectivity index (χ4v) is 4.22. The zero-order valence-corrected chi connectivity index (χ0v) is 19.5. The summed E-state index contributed by atoms with van der Waals surface area (Å²) >= 11 is 0. The SMILES string of the molecule is COCc1c(C(=O)OC(C)C)ncc2[nH]c3ccc(Oc4cc(C)c5ccccc5n4)cc3c12. The Morgan fingerprint density at radius 1 is 1.06 bits per heavy atom. The molecule has 0 atom stereocenters. The van der Waals surface area contributed by atoms with Crippen molar-refractivity contribution in [2.75, 3.05) is 7.11 Å². The molecule has 0 amide bonds. The van der Waals surface area contributed by atoms with Crippen molar-refractivity contribution in [1.82, 2.24) is 15.0 Å². The smallest absolute Gasteiger partial charge is 0.357 e. The second-order valence-corrected chi connectivity index (χ2v) is 8.49. The maximum atomic E-state index is 12.7. The Hall–Kier alpha value is -3.97. The van der Waals surface area contributed by atoms with Gasteiger partial charge in [0.05, 0.1) is 29.9 Å². The van der Waals surface area contributed by atoms with E-state index in [4.69, 9.17) is 14.2 Å². The molecular weight excluding hydrogens is 430 g/mol. The number of fused-ring (bicyclic) bond motifs is 4. The van der Waals surface area contributed by atoms with E-state index < -0.39 is 5.97 Å². The average molecular weight is 456 g/mol. The van der Waals surface area contributed by atoms with Gasteiger partial charge in [-0.15, -0.1) is 0 Å². The van der Waals surface area contributed by atoms with E-state index in [-0.39, 0.29) is 18.4 Å². The summed E-state index contributed by atoms with van der Waals surface area (Å²) in [6.45, 7) is 5.88. The van der Waals surface area contributed by atoms with Gasteiger partial charge in [-0.3, -0.25) is 0 Å². The van der Waals surface area contributed by atoms with Crippen LogP contribution in [0.25, 0.3) is 32.7 Å². The molecule has 0 aliphatic carbocycles. The lowest BCUT2D eigenvalue weighted by molar-refractivity contribution is 0.0366. The summed E-state index contributed by atoms with van der Waals surface area (Å²) in [6, 6.07) is 15.7. The lowest BCUT2D eigenvalue weighted by Crippen LogP contribution is -2.15. The van der Waals surface area contributed by atoms with Crippen LogP contribution in [0.3, 0.4) is 0 Å². The Labute approximate surface area is 196 Å². The van der Waals surface area contributed by atoms with E-state index in [1.165, 1.54) is 0 Å². The number of carbonyl (C=O) groups is 1. The van der Waals surface area contributed by atoms with Crippen LogP contribution in [0.5, 0.6) is 11.6 Å². The highest BCUT2D eigenvalue weighted by atomic mass is 16.5. The number of ether oxygens (including phenoxy) is 3. The fraction of sp³-hybridized carbons (Fsp3) is 0.222. The number of nitrogens with zero attached hydrogens (tertiary/aromatic N) is 2. The lowest BCUT2D eigenvalue weighted by atomic mass is 10.1. The fourth-order valence-electron chi connectivity index (χ4n) is 4.22. The zero-order valence-electron chi connectivity index (χ0n) is 19.5. The maximum absolute atomic E-state index is 12.7. The van der Waals surface area contributed by atoms with Crippen LogP contribution >= 0.6 is 0 Å². The number of aryl methyl sites for hydroxylation is 1. The summed E-state index contributed by atoms with van der Waals surface area (Å²) in [4.78, 5) is 25.1. The van der Waals surface area contributed by atoms with E-state index in [1.54, 1.807) is 13.3 Å². The molecule has 34 heavy (non-hydrogen) atoms. The minimum Gasteiger partial charge on any atom is -0.458 e. The molecule has 1 N–H and O–H groups in total. The largest absolute Gasteiger partial charge is 0.458 e. The van der Waals surface area contributed by atoms with Gasteiger partial charge in [-0.2, -0.15) is 0 Å². The Morgan fingerprint density at radius 3 is 2.68 bits per heavy atom. The predicted molar refractivity (Wildman–Crippen MR) is 131 cm³/mol. The van der Waals surface area contributed by atoms with E-state index in [1.807, 2.05) is 69.3 Å². The first-order valence-electron chi connectivity index (χ1n) is 11.1. The highest BCUT2D eigenvalue weighted by Gasteiger charge is 2.21. The monoisotopic (exact) mass is 455 g/mol. The molecule has 5 aromatic rings. The summed E-state index contributed by atoms with van der Waals surface area (Å²) < 4.78 is 17.0. The number of methoxy groups -OCH3 is 1. The molecule has 7 nitrogen and oxygen atoms in total. The topological polar surface area (TPSA) is 86.3 Å². The summed E-state index contributed by atoms with van der Waals surface area (Å²) in [5, 5.41) is 2.85. The Bertz CT molecular complexity index is 1540. The number of para-hydroxylation sites is 1. The number of pyridine rings is 2. The molecule has 3 heterocycles. The molecule has 0 unspecified atom stereocenters. The number of hydrogen-bond donors (Lipinski definition) is 1. The third-order valence-corrected chi connectivity index (χ3v) is 5.66. The van der Waals surface area contributed by atoms with Crippen molar-refractivity contribution >= 4 is 38.7 Å². The van der Waals surface area contributed by atoms with E-state index in [2.05, 4.69) is 15.0 Å². The van der Waals surface area contributed by atoms with Crippen molar-refractivity contribution in [3.05, 3.63) is 71.5 Å². The molecule has 0 saturated carbocycles. The molecule has 0 bridgehead atoms. The normalized spacial score (nSPS) is 11.6. The second kappa shape index (κ2) is 8.76. The number of nitrogens with one attached hydrogen (secondary N) is 1. The minimum atomic E-state index is -0.471. The highest BCUT2D eigenvalue weighted by Crippen LogP contribution is 2.34. The van der Waals surface area contributed by atoms with Gasteiger partial charge in [-0.25, -0.2) is 14.8 Å². The number of aromatic amines is 1. The number of rotatable bonds is 6. The van der Waals surface area contributed by atoms with Gasteiger partial charge in [0, 0.05) is 40.4 Å². The van der Waals surface area contributed by atoms with Crippen molar-refractivity contribution in [1.29, 1.82) is 0 Å². The first-order valence-corrected chi connectivity index (χ1v) is 11.1. The molecule has 2 aromatic carbocycles. The summed E-state index contributed by atoms with van der Waals surface area (Å²) in [5.74, 6) is 0.694. The molecule has 0 aliphatic rings. The molecule has 7 heteroatoms. The van der Waals surface area contributed by atoms with Gasteiger partial charge < -0.3 is 19.2 Å². The minimum absolute atomic E-state index is 0.219. The van der Waals surface area contributed by atoms with Gasteiger partial charge >= 0.3 is 5.97 Å². The Morgan fingerprint density at radius 2 is 1.88 bits per heavy atom. The first-order chi connectivity index (χ1) is 16.4. The number of carbonyl (C=O) groups excluding carboxylic acids is 1. The molecule has 0 radical (unpaired) electrons. The number of esters is 1. The van der Waals surface area contributed by atoms with Crippen LogP contribution in [0.2, 0.25) is 0 Å². The van der Waals surface area contributed by atoms with Crippen LogP contribution in [0, 0.1) is 6.92 Å². The maximum Gasteiger partial charge on any atom is 0.357 e. The van der Waals surface area contributed by atoms with Gasteiger partial charge in [0.15, 0.2) is 5.69 Å². The molecule has 3 aromatic heterocycles. The van der Waals surface area contributed by atoms with Crippen molar-refractivity contribution in [2.24, 2.45) is 0 Å². The third kappa shape index (κ3) is 3.95. The van der Waals surface area contributed by atoms with Crippen LogP contribution in [-0.2, 0) is 16.1 Å². The lowest BCUT2D eigenvalue weighted by Gasteiger charge is -2.12. The molecule has 0 aliphatic heterocycles. The van der Waals surface area contributed by atoms with Gasteiger partial charge in [-0.05, 0) is 50.6 Å². The van der Waals surface area contributed by atoms with Crippen molar-refractivity contribution in [3.8, 4) is 11.6 Å². The second-order valence-electron chi connectivity index (χ2n) is 8.49. The summed E-state index contributed by atoms with van der Waals surface area (Å²) in [7, 11) is 1.59. The number of H-pyrrole nitrogens is 1. The molecule has 172 valence electrons. The van der Waals surface area contributed by atoms with Crippen LogP contribution < -0.4 is 4.74 Å². The van der Waals surface area contributed by atoms with Crippen LogP contribution in [-0.4, -0.2) is 34.1 Å². The predicted octanol–water partition coefficient (Wildman–Crippen LogP) is 6.08. The van der Waals surface area contributed by atoms with E-state index >= 15 is 0 Å². The van der Waals surface area contributed by atoms with Crippen LogP contribution in [0.15, 0.2) is 54.7 Å². The van der Waals surface area contributed by atoms with Crippen LogP contribution in [0.4, 0.5) is 0 Å². The van der Waals surface area contributed by atoms with Crippen LogP contribution in [0.1, 0.15) is 35.5 Å². The van der Waals surface area contributed by atoms with E-state index in [0.717, 1.165) is 38.3 Å². The molecule has 0 spiro atoms. The van der Waals surface area contributed by atoms with Crippen molar-refractivity contribution < 1.29 is 19.0 Å². The molecule has 0 fully saturated rings. The molecule has 5 rings (SSSR count). The standard InChI is InChI=1S/C27H25N3O4/c1-15(2)33-27(31)26-20(14-32-4)25-19-12-17(9-10-22(19)29-23(25)13-28-26)34-24-11-16(3)18-7-5-6-8-21(18)30-24/h5-13,15,29H,14H2,1-4H3. The zero-order chi connectivity index (χ0) is 23.8. The van der Waals surface area contributed by atoms with E-state index in [9.17, 15) is 4.79 Å². The number of hydrogen-bond acceptors (Lipinski definition) is 6. The third-order valence-electron chi connectivity index (χ3n) is 5.66. The van der Waals surface area contributed by atoms with Gasteiger partial charge in [0.2, 0.25) is 5.88 Å². The summed E-state index contributed by atoms with van der Waals surface area (Å²) in [6.07, 6.45) is 1.40. The highest BCUT2D eigenvalue weighted by molar-refractivity contribution is 6.11. The summed E-state index contributed by atoms with van der Waals surface area (Å²) in [5.41, 5.74) is 4.61. The molecule has 0 saturated heterocycles. The number of benzene rings is 2. The Balaban J connectivity index is 1.62. The quantitative estimate of drug-likeness (QED) is 0.313. The first kappa shape index (κ1) is 21.9. The van der Waals surface area contributed by atoms with E-state index in [0.29, 0.717) is 17.2 Å². The average Bonchev–Trinajstić information content (AvgIpc) is 3.17. The van der Waals surface area contributed by atoms with Gasteiger partial charge in [0.25, 0.3) is 0 Å². The number of aromatic nitrogens is 3. The Kier molecular flexibility index (Phi) is 5.63.